The maximum absolute atomic E-state index is 6.20. The molecule has 1 atom stereocenters. The summed E-state index contributed by atoms with van der Waals surface area (Å²) < 4.78 is 0.883. The molecule has 3 N–H and O–H groups in total. The Morgan fingerprint density at radius 2 is 2.31 bits per heavy atom. The van der Waals surface area contributed by atoms with Crippen LogP contribution in [0.4, 0.5) is 0 Å². The van der Waals surface area contributed by atoms with Gasteiger partial charge in [-0.3, -0.25) is 11.3 Å². The highest BCUT2D eigenvalue weighted by molar-refractivity contribution is 9.10. The van der Waals surface area contributed by atoms with Gasteiger partial charge in [-0.2, -0.15) is 0 Å². The van der Waals surface area contributed by atoms with Gasteiger partial charge in [0.15, 0.2) is 0 Å². The zero-order valence-electron chi connectivity index (χ0n) is 9.06. The number of hydrogen-bond acceptors (Lipinski definition) is 2. The molecule has 0 fully saturated rings. The molecule has 0 bridgehead atoms. The molecule has 0 heterocycles. The molecule has 1 aromatic rings. The number of nitrogens with two attached hydrogens (primary N) is 1. The third-order valence-corrected chi connectivity index (χ3v) is 3.60. The predicted octanol–water partition coefficient (Wildman–Crippen LogP) is 3.41. The lowest BCUT2D eigenvalue weighted by molar-refractivity contribution is 0.524. The van der Waals surface area contributed by atoms with Gasteiger partial charge in [-0.05, 0) is 40.9 Å². The largest absolute Gasteiger partial charge is 0.271 e. The molecule has 0 aliphatic rings. The average molecular weight is 302 g/mol. The van der Waals surface area contributed by atoms with E-state index >= 15 is 0 Å². The van der Waals surface area contributed by atoms with Crippen LogP contribution in [0.2, 0.25) is 5.02 Å². The van der Waals surface area contributed by atoms with Gasteiger partial charge >= 0.3 is 0 Å². The van der Waals surface area contributed by atoms with Gasteiger partial charge in [0.05, 0.1) is 5.02 Å². The zero-order valence-corrected chi connectivity index (χ0v) is 11.4. The van der Waals surface area contributed by atoms with E-state index in [1.54, 1.807) is 0 Å². The lowest BCUT2D eigenvalue weighted by Gasteiger charge is -2.17. The molecule has 86 valence electrons. The average Bonchev–Trinajstić information content (AvgIpc) is 2.29. The van der Waals surface area contributed by atoms with E-state index in [0.29, 0.717) is 5.02 Å². The summed E-state index contributed by atoms with van der Waals surface area (Å²) in [7, 11) is 0. The molecule has 0 aromatic heterocycles. The van der Waals surface area contributed by atoms with Crippen LogP contribution in [0.15, 0.2) is 22.7 Å². The monoisotopic (exact) mass is 300 g/mol. The normalized spacial score (nSPS) is 11.8. The van der Waals surface area contributed by atoms with Gasteiger partial charge in [-0.15, -0.1) is 11.8 Å². The first-order chi connectivity index (χ1) is 7.70. The number of nitrogens with one attached hydrogen (secondary N) is 1. The van der Waals surface area contributed by atoms with Crippen molar-refractivity contribution in [1.29, 1.82) is 0 Å². The second-order valence-corrected chi connectivity index (χ2v) is 4.56. The Labute approximate surface area is 110 Å². The third-order valence-electron chi connectivity index (χ3n) is 2.29. The maximum atomic E-state index is 6.20. The molecule has 0 aliphatic carbocycles. The molecule has 2 nitrogen and oxygen atoms in total. The standard InChI is InChI=1S/C12H14BrClN2/c1-2-3-4-8-11(16-15)9-6-5-7-10(13)12(9)14/h5-7,11,16H,4,8,15H2,1H3. The number of hydrogen-bond donors (Lipinski definition) is 2. The number of hydrazine groups is 1. The van der Waals surface area contributed by atoms with Gasteiger partial charge in [0.1, 0.15) is 0 Å². The van der Waals surface area contributed by atoms with Crippen molar-refractivity contribution in [3.05, 3.63) is 33.3 Å². The molecule has 1 rings (SSSR count). The number of benzene rings is 1. The molecule has 0 aliphatic heterocycles. The fourth-order valence-corrected chi connectivity index (χ4v) is 2.10. The Hall–Kier alpha value is -0.530. The van der Waals surface area contributed by atoms with E-state index in [1.165, 1.54) is 0 Å². The summed E-state index contributed by atoms with van der Waals surface area (Å²) in [5.74, 6) is 11.4. The van der Waals surface area contributed by atoms with Gasteiger partial charge in [0.25, 0.3) is 0 Å². The zero-order chi connectivity index (χ0) is 12.0. The molecule has 0 saturated carbocycles. The highest BCUT2D eigenvalue weighted by Crippen LogP contribution is 2.31. The van der Waals surface area contributed by atoms with Crippen molar-refractivity contribution in [3.8, 4) is 11.8 Å². The summed E-state index contributed by atoms with van der Waals surface area (Å²) in [5, 5.41) is 0.704. The third kappa shape index (κ3) is 3.50. The Bertz CT molecular complexity index is 409. The minimum absolute atomic E-state index is 0.0332. The van der Waals surface area contributed by atoms with Crippen molar-refractivity contribution in [3.63, 3.8) is 0 Å². The van der Waals surface area contributed by atoms with Crippen molar-refractivity contribution >= 4 is 27.5 Å². The molecule has 0 radical (unpaired) electrons. The van der Waals surface area contributed by atoms with Crippen molar-refractivity contribution in [2.75, 3.05) is 0 Å². The van der Waals surface area contributed by atoms with E-state index in [1.807, 2.05) is 25.1 Å². The van der Waals surface area contributed by atoms with Crippen LogP contribution in [-0.4, -0.2) is 0 Å². The fourth-order valence-electron chi connectivity index (χ4n) is 1.46. The highest BCUT2D eigenvalue weighted by atomic mass is 79.9. The van der Waals surface area contributed by atoms with Gasteiger partial charge in [0.2, 0.25) is 0 Å². The van der Waals surface area contributed by atoms with E-state index in [0.717, 1.165) is 22.9 Å². The topological polar surface area (TPSA) is 38.0 Å². The molecule has 4 heteroatoms. The Kier molecular flexibility index (Phi) is 5.86. The van der Waals surface area contributed by atoms with Crippen molar-refractivity contribution in [2.24, 2.45) is 5.84 Å². The lowest BCUT2D eigenvalue weighted by Crippen LogP contribution is -2.28. The van der Waals surface area contributed by atoms with Crippen molar-refractivity contribution in [1.82, 2.24) is 5.43 Å². The summed E-state index contributed by atoms with van der Waals surface area (Å²) in [6.07, 6.45) is 1.64. The van der Waals surface area contributed by atoms with Gasteiger partial charge in [-0.1, -0.05) is 23.7 Å². The van der Waals surface area contributed by atoms with Crippen molar-refractivity contribution < 1.29 is 0 Å². The Morgan fingerprint density at radius 1 is 1.56 bits per heavy atom. The fraction of sp³-hybridized carbons (Fsp3) is 0.333. The molecule has 1 aromatic carbocycles. The number of rotatable bonds is 4. The van der Waals surface area contributed by atoms with Crippen molar-refractivity contribution in [2.45, 2.75) is 25.8 Å². The molecular weight excluding hydrogens is 288 g/mol. The second-order valence-electron chi connectivity index (χ2n) is 3.33. The van der Waals surface area contributed by atoms with Crippen LogP contribution in [0, 0.1) is 11.8 Å². The number of halogens is 2. The summed E-state index contributed by atoms with van der Waals surface area (Å²) in [5.41, 5.74) is 3.77. The molecule has 0 amide bonds. The molecule has 1 unspecified atom stereocenters. The summed E-state index contributed by atoms with van der Waals surface area (Å²) in [4.78, 5) is 0. The van der Waals surface area contributed by atoms with E-state index in [-0.39, 0.29) is 6.04 Å². The van der Waals surface area contributed by atoms with E-state index in [4.69, 9.17) is 17.4 Å². The minimum atomic E-state index is 0.0332. The molecule has 0 saturated heterocycles. The lowest BCUT2D eigenvalue weighted by atomic mass is 10.0. The first-order valence-electron chi connectivity index (χ1n) is 5.00. The quantitative estimate of drug-likeness (QED) is 0.508. The SMILES string of the molecule is CC#CCCC(NN)c1cccc(Br)c1Cl. The van der Waals surface area contributed by atoms with Gasteiger partial charge in [-0.25, -0.2) is 0 Å². The smallest absolute Gasteiger partial charge is 0.0596 e. The first-order valence-corrected chi connectivity index (χ1v) is 6.17. The predicted molar refractivity (Wildman–Crippen MR) is 71.9 cm³/mol. The van der Waals surface area contributed by atoms with Crippen LogP contribution >= 0.6 is 27.5 Å². The maximum Gasteiger partial charge on any atom is 0.0596 e. The Morgan fingerprint density at radius 3 is 2.94 bits per heavy atom. The first kappa shape index (κ1) is 13.5. The van der Waals surface area contributed by atoms with E-state index in [9.17, 15) is 0 Å². The highest BCUT2D eigenvalue weighted by Gasteiger charge is 2.13. The van der Waals surface area contributed by atoms with Crippen LogP contribution in [0.5, 0.6) is 0 Å². The molecular formula is C12H14BrClN2. The summed E-state index contributed by atoms with van der Waals surface area (Å²) in [6.45, 7) is 1.83. The van der Waals surface area contributed by atoms with Crippen LogP contribution in [-0.2, 0) is 0 Å². The van der Waals surface area contributed by atoms with Crippen LogP contribution in [0.25, 0.3) is 0 Å². The van der Waals surface area contributed by atoms with E-state index < -0.39 is 0 Å². The van der Waals surface area contributed by atoms with Crippen LogP contribution in [0.1, 0.15) is 31.4 Å². The molecule has 0 spiro atoms. The van der Waals surface area contributed by atoms with Gasteiger partial charge < -0.3 is 0 Å². The Balaban J connectivity index is 2.85. The van der Waals surface area contributed by atoms with Gasteiger partial charge in [0, 0.05) is 16.9 Å². The molecule has 16 heavy (non-hydrogen) atoms. The minimum Gasteiger partial charge on any atom is -0.271 e. The summed E-state index contributed by atoms with van der Waals surface area (Å²) in [6, 6.07) is 5.86. The van der Waals surface area contributed by atoms with Crippen LogP contribution in [0.3, 0.4) is 0 Å². The second kappa shape index (κ2) is 6.93. The summed E-state index contributed by atoms with van der Waals surface area (Å²) >= 11 is 9.60. The van der Waals surface area contributed by atoms with Crippen LogP contribution < -0.4 is 11.3 Å². The van der Waals surface area contributed by atoms with E-state index in [2.05, 4.69) is 33.2 Å².